The predicted octanol–water partition coefficient (Wildman–Crippen LogP) is 4.20. The van der Waals surface area contributed by atoms with E-state index >= 15 is 0 Å². The van der Waals surface area contributed by atoms with Crippen LogP contribution in [0, 0.1) is 3.57 Å². The third-order valence-electron chi connectivity index (χ3n) is 4.07. The molecule has 0 spiro atoms. The van der Waals surface area contributed by atoms with Crippen LogP contribution in [0.25, 0.3) is 0 Å². The maximum atomic E-state index is 12.6. The second-order valence-electron chi connectivity index (χ2n) is 5.72. The fourth-order valence-electron chi connectivity index (χ4n) is 2.78. The summed E-state index contributed by atoms with van der Waals surface area (Å²) in [7, 11) is 0. The van der Waals surface area contributed by atoms with Gasteiger partial charge in [-0.1, -0.05) is 35.3 Å². The largest absolute Gasteiger partial charge is 0.335 e. The maximum absolute atomic E-state index is 12.6. The van der Waals surface area contributed by atoms with E-state index in [9.17, 15) is 9.59 Å². The molecular weight excluding hydrogens is 474 g/mol. The van der Waals surface area contributed by atoms with Gasteiger partial charge in [-0.25, -0.2) is 0 Å². The van der Waals surface area contributed by atoms with Crippen molar-refractivity contribution in [1.29, 1.82) is 0 Å². The van der Waals surface area contributed by atoms with Crippen LogP contribution in [0.3, 0.4) is 0 Å². The Morgan fingerprint density at radius 1 is 0.840 bits per heavy atom. The van der Waals surface area contributed by atoms with Crippen LogP contribution in [-0.4, -0.2) is 47.8 Å². The number of carbonyl (C=O) groups is 2. The molecule has 1 aliphatic rings. The normalized spacial score (nSPS) is 14.5. The predicted molar refractivity (Wildman–Crippen MR) is 107 cm³/mol. The molecule has 0 saturated carbocycles. The Kier molecular flexibility index (Phi) is 5.86. The zero-order chi connectivity index (χ0) is 18.0. The van der Waals surface area contributed by atoms with Gasteiger partial charge in [0.2, 0.25) is 0 Å². The quantitative estimate of drug-likeness (QED) is 0.594. The van der Waals surface area contributed by atoms with E-state index < -0.39 is 0 Å². The number of hydrogen-bond donors (Lipinski definition) is 0. The highest BCUT2D eigenvalue weighted by atomic mass is 127. The van der Waals surface area contributed by atoms with Gasteiger partial charge in [0, 0.05) is 45.4 Å². The topological polar surface area (TPSA) is 40.6 Å². The van der Waals surface area contributed by atoms with Crippen LogP contribution in [0.15, 0.2) is 42.5 Å². The summed E-state index contributed by atoms with van der Waals surface area (Å²) in [5.41, 5.74) is 1.17. The van der Waals surface area contributed by atoms with Crippen molar-refractivity contribution in [1.82, 2.24) is 9.80 Å². The van der Waals surface area contributed by atoms with Crippen molar-refractivity contribution >= 4 is 57.6 Å². The van der Waals surface area contributed by atoms with Gasteiger partial charge >= 0.3 is 0 Å². The molecule has 2 aromatic rings. The first kappa shape index (κ1) is 18.5. The lowest BCUT2D eigenvalue weighted by molar-refractivity contribution is 0.0535. The number of nitrogens with zero attached hydrogens (tertiary/aromatic N) is 2. The number of rotatable bonds is 2. The van der Waals surface area contributed by atoms with Crippen LogP contribution in [0.1, 0.15) is 20.7 Å². The van der Waals surface area contributed by atoms with E-state index in [2.05, 4.69) is 22.6 Å². The maximum Gasteiger partial charge on any atom is 0.255 e. The molecular formula is C18H15Cl2IN2O2. The van der Waals surface area contributed by atoms with E-state index in [0.29, 0.717) is 47.4 Å². The highest BCUT2D eigenvalue weighted by molar-refractivity contribution is 14.1. The summed E-state index contributed by atoms with van der Waals surface area (Å²) >= 11 is 14.1. The second kappa shape index (κ2) is 7.93. The monoisotopic (exact) mass is 488 g/mol. The summed E-state index contributed by atoms with van der Waals surface area (Å²) < 4.78 is 0.928. The molecule has 1 heterocycles. The molecule has 2 aromatic carbocycles. The summed E-state index contributed by atoms with van der Waals surface area (Å²) in [5, 5.41) is 0.867. The molecule has 130 valence electrons. The Hall–Kier alpha value is -1.31. The van der Waals surface area contributed by atoms with E-state index in [0.717, 1.165) is 3.57 Å². The Labute approximate surface area is 169 Å². The zero-order valence-electron chi connectivity index (χ0n) is 13.2. The minimum atomic E-state index is -0.120. The average Bonchev–Trinajstić information content (AvgIpc) is 2.60. The number of piperazine rings is 1. The highest BCUT2D eigenvalue weighted by Gasteiger charge is 2.26. The van der Waals surface area contributed by atoms with Gasteiger partial charge in [-0.05, 0) is 52.9 Å². The van der Waals surface area contributed by atoms with Crippen LogP contribution in [0.2, 0.25) is 10.0 Å². The minimum Gasteiger partial charge on any atom is -0.335 e. The minimum absolute atomic E-state index is 0.00268. The number of benzene rings is 2. The first-order chi connectivity index (χ1) is 12.0. The molecule has 0 radical (unpaired) electrons. The molecule has 1 fully saturated rings. The van der Waals surface area contributed by atoms with Gasteiger partial charge in [0.1, 0.15) is 0 Å². The molecule has 1 saturated heterocycles. The summed E-state index contributed by atoms with van der Waals surface area (Å²) in [5.74, 6) is -0.117. The summed E-state index contributed by atoms with van der Waals surface area (Å²) in [6, 6.07) is 12.3. The van der Waals surface area contributed by atoms with E-state index in [1.165, 1.54) is 0 Å². The lowest BCUT2D eigenvalue weighted by atomic mass is 10.1. The lowest BCUT2D eigenvalue weighted by Gasteiger charge is -2.35. The molecule has 0 atom stereocenters. The van der Waals surface area contributed by atoms with E-state index in [4.69, 9.17) is 23.2 Å². The molecule has 0 unspecified atom stereocenters. The molecule has 0 aromatic heterocycles. The smallest absolute Gasteiger partial charge is 0.255 e. The second-order valence-corrected chi connectivity index (χ2v) is 7.76. The molecule has 3 rings (SSSR count). The highest BCUT2D eigenvalue weighted by Crippen LogP contribution is 2.21. The number of amides is 2. The molecule has 1 aliphatic heterocycles. The fraction of sp³-hybridized carbons (Fsp3) is 0.222. The van der Waals surface area contributed by atoms with Crippen molar-refractivity contribution in [2.45, 2.75) is 0 Å². The number of halogens is 3. The Morgan fingerprint density at radius 3 is 1.92 bits per heavy atom. The number of hydrogen-bond acceptors (Lipinski definition) is 2. The van der Waals surface area contributed by atoms with Gasteiger partial charge in [0.15, 0.2) is 0 Å². The first-order valence-electron chi connectivity index (χ1n) is 7.75. The van der Waals surface area contributed by atoms with Gasteiger partial charge in [-0.15, -0.1) is 0 Å². The Bertz CT molecular complexity index is 800. The van der Waals surface area contributed by atoms with Gasteiger partial charge < -0.3 is 9.80 Å². The van der Waals surface area contributed by atoms with Crippen molar-refractivity contribution in [3.63, 3.8) is 0 Å². The van der Waals surface area contributed by atoms with Gasteiger partial charge in [0.05, 0.1) is 5.56 Å². The van der Waals surface area contributed by atoms with Crippen molar-refractivity contribution in [2.24, 2.45) is 0 Å². The summed E-state index contributed by atoms with van der Waals surface area (Å²) in [6.07, 6.45) is 0. The van der Waals surface area contributed by atoms with Crippen molar-refractivity contribution < 1.29 is 9.59 Å². The Balaban J connectivity index is 1.66. The van der Waals surface area contributed by atoms with Crippen molar-refractivity contribution in [2.75, 3.05) is 26.2 Å². The fourth-order valence-corrected chi connectivity index (χ4v) is 3.92. The first-order valence-corrected chi connectivity index (χ1v) is 9.58. The molecule has 4 nitrogen and oxygen atoms in total. The van der Waals surface area contributed by atoms with Crippen LogP contribution >= 0.6 is 45.8 Å². The Morgan fingerprint density at radius 2 is 1.36 bits per heavy atom. The van der Waals surface area contributed by atoms with Gasteiger partial charge in [0.25, 0.3) is 11.8 Å². The molecule has 7 heteroatoms. The molecule has 0 aliphatic carbocycles. The standard InChI is InChI=1S/C18H15Cl2IN2O2/c19-13-9-12(10-14(20)11-13)17(24)22-5-7-23(8-6-22)18(25)15-3-1-2-4-16(15)21/h1-4,9-11H,5-8H2. The lowest BCUT2D eigenvalue weighted by Crippen LogP contribution is -2.50. The molecule has 2 amide bonds. The molecule has 0 N–H and O–H groups in total. The van der Waals surface area contributed by atoms with Gasteiger partial charge in [-0.2, -0.15) is 0 Å². The van der Waals surface area contributed by atoms with Crippen LogP contribution in [0.5, 0.6) is 0 Å². The zero-order valence-corrected chi connectivity index (χ0v) is 16.9. The van der Waals surface area contributed by atoms with Crippen molar-refractivity contribution in [3.05, 3.63) is 67.2 Å². The van der Waals surface area contributed by atoms with E-state index in [-0.39, 0.29) is 11.8 Å². The summed E-state index contributed by atoms with van der Waals surface area (Å²) in [4.78, 5) is 28.8. The third-order valence-corrected chi connectivity index (χ3v) is 5.44. The average molecular weight is 489 g/mol. The summed E-state index contributed by atoms with van der Waals surface area (Å²) in [6.45, 7) is 1.98. The van der Waals surface area contributed by atoms with Crippen LogP contribution in [0.4, 0.5) is 0 Å². The van der Waals surface area contributed by atoms with Gasteiger partial charge in [-0.3, -0.25) is 9.59 Å². The number of carbonyl (C=O) groups excluding carboxylic acids is 2. The molecule has 25 heavy (non-hydrogen) atoms. The third kappa shape index (κ3) is 4.27. The van der Waals surface area contributed by atoms with Crippen LogP contribution < -0.4 is 0 Å². The van der Waals surface area contributed by atoms with Crippen LogP contribution in [-0.2, 0) is 0 Å². The van der Waals surface area contributed by atoms with E-state index in [1.807, 2.05) is 24.3 Å². The van der Waals surface area contributed by atoms with Crippen molar-refractivity contribution in [3.8, 4) is 0 Å². The van der Waals surface area contributed by atoms with E-state index in [1.54, 1.807) is 28.0 Å². The molecule has 0 bridgehead atoms. The SMILES string of the molecule is O=C(c1cc(Cl)cc(Cl)c1)N1CCN(C(=O)c2ccccc2I)CC1.